The second-order valence-corrected chi connectivity index (χ2v) is 5.88. The quantitative estimate of drug-likeness (QED) is 0.849. The second-order valence-electron chi connectivity index (χ2n) is 5.88. The Morgan fingerprint density at radius 1 is 1.00 bits per heavy atom. The van der Waals surface area contributed by atoms with Crippen LogP contribution < -0.4 is 11.2 Å². The third kappa shape index (κ3) is 3.99. The van der Waals surface area contributed by atoms with Crippen molar-refractivity contribution in [2.24, 2.45) is 0 Å². The number of H-pyrrole nitrogens is 1. The van der Waals surface area contributed by atoms with Crippen molar-refractivity contribution in [1.82, 2.24) is 19.4 Å². The van der Waals surface area contributed by atoms with Crippen molar-refractivity contribution in [3.8, 4) is 0 Å². The molecule has 0 atom stereocenters. The van der Waals surface area contributed by atoms with Gasteiger partial charge in [0, 0.05) is 45.0 Å². The summed E-state index contributed by atoms with van der Waals surface area (Å²) < 4.78 is 1.22. The van der Waals surface area contributed by atoms with Gasteiger partial charge in [-0.1, -0.05) is 30.3 Å². The summed E-state index contributed by atoms with van der Waals surface area (Å²) in [4.78, 5) is 41.2. The molecular formula is C17H20N4O3. The number of piperazine rings is 1. The highest BCUT2D eigenvalue weighted by Crippen LogP contribution is 2.08. The summed E-state index contributed by atoms with van der Waals surface area (Å²) in [5.41, 5.74) is 0.244. The molecule has 7 nitrogen and oxygen atoms in total. The van der Waals surface area contributed by atoms with Crippen LogP contribution in [0.3, 0.4) is 0 Å². The van der Waals surface area contributed by atoms with E-state index in [1.807, 2.05) is 18.2 Å². The van der Waals surface area contributed by atoms with Gasteiger partial charge in [0.05, 0.1) is 0 Å². The smallest absolute Gasteiger partial charge is 0.328 e. The Kier molecular flexibility index (Phi) is 4.90. The van der Waals surface area contributed by atoms with Gasteiger partial charge in [0.1, 0.15) is 6.54 Å². The number of hydrogen-bond donors (Lipinski definition) is 1. The lowest BCUT2D eigenvalue weighted by molar-refractivity contribution is -0.133. The first kappa shape index (κ1) is 16.2. The number of benzene rings is 1. The summed E-state index contributed by atoms with van der Waals surface area (Å²) in [6.45, 7) is 3.73. The monoisotopic (exact) mass is 328 g/mol. The van der Waals surface area contributed by atoms with E-state index >= 15 is 0 Å². The van der Waals surface area contributed by atoms with Crippen molar-refractivity contribution in [2.45, 2.75) is 13.1 Å². The van der Waals surface area contributed by atoms with Gasteiger partial charge in [-0.25, -0.2) is 4.79 Å². The molecule has 0 unspecified atom stereocenters. The number of aromatic amines is 1. The number of hydrogen-bond acceptors (Lipinski definition) is 4. The van der Waals surface area contributed by atoms with Crippen LogP contribution in [0.5, 0.6) is 0 Å². The third-order valence-corrected chi connectivity index (χ3v) is 4.18. The van der Waals surface area contributed by atoms with E-state index in [1.165, 1.54) is 22.4 Å². The van der Waals surface area contributed by atoms with Crippen LogP contribution in [0, 0.1) is 0 Å². The Morgan fingerprint density at radius 2 is 1.71 bits per heavy atom. The fourth-order valence-corrected chi connectivity index (χ4v) is 2.81. The highest BCUT2D eigenvalue weighted by molar-refractivity contribution is 5.76. The Balaban J connectivity index is 1.53. The van der Waals surface area contributed by atoms with Gasteiger partial charge in [0.15, 0.2) is 0 Å². The van der Waals surface area contributed by atoms with Gasteiger partial charge in [-0.05, 0) is 5.56 Å². The normalized spacial score (nSPS) is 15.4. The molecule has 0 saturated carbocycles. The topological polar surface area (TPSA) is 78.4 Å². The Morgan fingerprint density at radius 3 is 2.38 bits per heavy atom. The molecule has 7 heteroatoms. The van der Waals surface area contributed by atoms with E-state index in [2.05, 4.69) is 22.0 Å². The van der Waals surface area contributed by atoms with Crippen LogP contribution in [0.15, 0.2) is 52.2 Å². The molecule has 1 amide bonds. The summed E-state index contributed by atoms with van der Waals surface area (Å²) in [6, 6.07) is 11.5. The number of aromatic nitrogens is 2. The summed E-state index contributed by atoms with van der Waals surface area (Å²) in [5.74, 6) is -0.108. The van der Waals surface area contributed by atoms with Crippen LogP contribution in [0.4, 0.5) is 0 Å². The van der Waals surface area contributed by atoms with Gasteiger partial charge >= 0.3 is 5.69 Å². The van der Waals surface area contributed by atoms with Gasteiger partial charge in [-0.2, -0.15) is 0 Å². The molecule has 24 heavy (non-hydrogen) atoms. The number of carbonyl (C=O) groups is 1. The summed E-state index contributed by atoms with van der Waals surface area (Å²) in [5, 5.41) is 0. The minimum absolute atomic E-state index is 0.0473. The predicted octanol–water partition coefficient (Wildman–Crippen LogP) is -0.119. The molecule has 1 fully saturated rings. The van der Waals surface area contributed by atoms with E-state index in [0.29, 0.717) is 13.1 Å². The van der Waals surface area contributed by atoms with E-state index in [-0.39, 0.29) is 12.5 Å². The molecule has 3 rings (SSSR count). The SMILES string of the molecule is O=C(Cn1ccc(=O)[nH]c1=O)N1CCN(Cc2ccccc2)CC1. The molecule has 1 aromatic heterocycles. The van der Waals surface area contributed by atoms with E-state index in [1.54, 1.807) is 4.90 Å². The Hall–Kier alpha value is -2.67. The molecule has 1 saturated heterocycles. The number of nitrogens with one attached hydrogen (secondary N) is 1. The molecular weight excluding hydrogens is 308 g/mol. The molecule has 2 heterocycles. The molecule has 0 radical (unpaired) electrons. The van der Waals surface area contributed by atoms with E-state index in [4.69, 9.17) is 0 Å². The molecule has 0 bridgehead atoms. The van der Waals surface area contributed by atoms with Crippen molar-refractivity contribution in [2.75, 3.05) is 26.2 Å². The van der Waals surface area contributed by atoms with Crippen LogP contribution >= 0.6 is 0 Å². The first-order valence-electron chi connectivity index (χ1n) is 7.95. The zero-order valence-electron chi connectivity index (χ0n) is 13.4. The average Bonchev–Trinajstić information content (AvgIpc) is 2.59. The molecule has 1 aliphatic rings. The van der Waals surface area contributed by atoms with Gasteiger partial charge in [-0.15, -0.1) is 0 Å². The molecule has 0 spiro atoms. The molecule has 1 aromatic carbocycles. The van der Waals surface area contributed by atoms with Crippen molar-refractivity contribution >= 4 is 5.91 Å². The number of rotatable bonds is 4. The molecule has 0 aliphatic carbocycles. The van der Waals surface area contributed by atoms with Crippen LogP contribution in [0.25, 0.3) is 0 Å². The van der Waals surface area contributed by atoms with Crippen molar-refractivity contribution < 1.29 is 4.79 Å². The largest absolute Gasteiger partial charge is 0.339 e. The number of amides is 1. The van der Waals surface area contributed by atoms with Gasteiger partial charge < -0.3 is 4.90 Å². The standard InChI is InChI=1S/C17H20N4O3/c22-15-6-7-21(17(24)18-15)13-16(23)20-10-8-19(9-11-20)12-14-4-2-1-3-5-14/h1-7H,8-13H2,(H,18,22,24). The fourth-order valence-electron chi connectivity index (χ4n) is 2.81. The summed E-state index contributed by atoms with van der Waals surface area (Å²) >= 11 is 0. The third-order valence-electron chi connectivity index (χ3n) is 4.18. The van der Waals surface area contributed by atoms with Crippen molar-refractivity contribution in [3.63, 3.8) is 0 Å². The minimum atomic E-state index is -0.557. The highest BCUT2D eigenvalue weighted by atomic mass is 16.2. The van der Waals surface area contributed by atoms with Crippen LogP contribution in [-0.4, -0.2) is 51.4 Å². The molecule has 1 aliphatic heterocycles. The lowest BCUT2D eigenvalue weighted by Crippen LogP contribution is -2.49. The molecule has 1 N–H and O–H groups in total. The molecule has 126 valence electrons. The fraction of sp³-hybridized carbons (Fsp3) is 0.353. The van der Waals surface area contributed by atoms with Crippen molar-refractivity contribution in [1.29, 1.82) is 0 Å². The van der Waals surface area contributed by atoms with Crippen LogP contribution in [-0.2, 0) is 17.9 Å². The number of carbonyl (C=O) groups excluding carboxylic acids is 1. The average molecular weight is 328 g/mol. The van der Waals surface area contributed by atoms with E-state index < -0.39 is 11.2 Å². The zero-order valence-corrected chi connectivity index (χ0v) is 13.4. The zero-order chi connectivity index (χ0) is 16.9. The maximum atomic E-state index is 12.3. The lowest BCUT2D eigenvalue weighted by Gasteiger charge is -2.34. The number of nitrogens with zero attached hydrogens (tertiary/aromatic N) is 3. The lowest BCUT2D eigenvalue weighted by atomic mass is 10.2. The highest BCUT2D eigenvalue weighted by Gasteiger charge is 2.21. The summed E-state index contributed by atoms with van der Waals surface area (Å²) in [7, 11) is 0. The Bertz CT molecular complexity index is 804. The van der Waals surface area contributed by atoms with E-state index in [9.17, 15) is 14.4 Å². The van der Waals surface area contributed by atoms with Gasteiger partial charge in [0.25, 0.3) is 5.56 Å². The maximum absolute atomic E-state index is 12.3. The van der Waals surface area contributed by atoms with E-state index in [0.717, 1.165) is 19.6 Å². The van der Waals surface area contributed by atoms with Crippen LogP contribution in [0.2, 0.25) is 0 Å². The predicted molar refractivity (Wildman–Crippen MR) is 89.6 cm³/mol. The van der Waals surface area contributed by atoms with Gasteiger partial charge in [0.2, 0.25) is 5.91 Å². The minimum Gasteiger partial charge on any atom is -0.339 e. The van der Waals surface area contributed by atoms with Gasteiger partial charge in [-0.3, -0.25) is 24.0 Å². The van der Waals surface area contributed by atoms with Crippen LogP contribution in [0.1, 0.15) is 5.56 Å². The Labute approximate surface area is 139 Å². The van der Waals surface area contributed by atoms with Crippen molar-refractivity contribution in [3.05, 3.63) is 69.0 Å². The summed E-state index contributed by atoms with van der Waals surface area (Å²) in [6.07, 6.45) is 1.35. The first-order chi connectivity index (χ1) is 11.6. The first-order valence-corrected chi connectivity index (χ1v) is 7.95. The molecule has 2 aromatic rings. The second kappa shape index (κ2) is 7.27. The maximum Gasteiger partial charge on any atom is 0.328 e.